The number of aromatic nitrogens is 2. The highest BCUT2D eigenvalue weighted by molar-refractivity contribution is 5.76. The van der Waals surface area contributed by atoms with Gasteiger partial charge in [0.15, 0.2) is 0 Å². The minimum absolute atomic E-state index is 0.145. The van der Waals surface area contributed by atoms with Gasteiger partial charge < -0.3 is 15.7 Å². The van der Waals surface area contributed by atoms with Crippen molar-refractivity contribution >= 4 is 12.0 Å². The molecular formula is C11H16N4O3. The molecule has 0 saturated carbocycles. The molecule has 2 amide bonds. The molecule has 1 rings (SSSR count). The van der Waals surface area contributed by atoms with Crippen LogP contribution in [0.2, 0.25) is 0 Å². The van der Waals surface area contributed by atoms with Gasteiger partial charge in [0.1, 0.15) is 6.33 Å². The maximum absolute atomic E-state index is 11.6. The van der Waals surface area contributed by atoms with Crippen molar-refractivity contribution in [3.63, 3.8) is 0 Å². The van der Waals surface area contributed by atoms with Crippen molar-refractivity contribution in [1.29, 1.82) is 0 Å². The molecule has 0 saturated heterocycles. The molecule has 0 aliphatic rings. The van der Waals surface area contributed by atoms with Crippen LogP contribution in [-0.4, -0.2) is 32.6 Å². The third-order valence-corrected chi connectivity index (χ3v) is 2.12. The number of hydrogen-bond donors (Lipinski definition) is 3. The third kappa shape index (κ3) is 5.24. The van der Waals surface area contributed by atoms with E-state index in [-0.39, 0.29) is 13.0 Å². The summed E-state index contributed by atoms with van der Waals surface area (Å²) in [4.78, 5) is 29.8. The van der Waals surface area contributed by atoms with Gasteiger partial charge in [0.2, 0.25) is 0 Å². The number of aliphatic carboxylic acids is 1. The summed E-state index contributed by atoms with van der Waals surface area (Å²) in [5, 5.41) is 13.9. The molecule has 1 aromatic heterocycles. The van der Waals surface area contributed by atoms with Crippen molar-refractivity contribution in [1.82, 2.24) is 20.6 Å². The summed E-state index contributed by atoms with van der Waals surface area (Å²) in [6.07, 6.45) is 2.83. The summed E-state index contributed by atoms with van der Waals surface area (Å²) in [7, 11) is 0. The maximum Gasteiger partial charge on any atom is 0.315 e. The van der Waals surface area contributed by atoms with Crippen LogP contribution in [0, 0.1) is 0 Å². The molecule has 1 heterocycles. The SMILES string of the molecule is CC(C)(CC(=O)O)NC(=O)NCc1ccncn1. The normalized spacial score (nSPS) is 10.8. The van der Waals surface area contributed by atoms with E-state index in [1.165, 1.54) is 6.33 Å². The first-order chi connectivity index (χ1) is 8.39. The summed E-state index contributed by atoms with van der Waals surface area (Å²) in [5.74, 6) is -0.962. The summed E-state index contributed by atoms with van der Waals surface area (Å²) >= 11 is 0. The average Bonchev–Trinajstić information content (AvgIpc) is 2.25. The Bertz CT molecular complexity index is 420. The van der Waals surface area contributed by atoms with E-state index in [9.17, 15) is 9.59 Å². The number of nitrogens with one attached hydrogen (secondary N) is 2. The quantitative estimate of drug-likeness (QED) is 0.709. The molecule has 98 valence electrons. The summed E-state index contributed by atoms with van der Waals surface area (Å²) < 4.78 is 0. The molecule has 1 aromatic rings. The van der Waals surface area contributed by atoms with Gasteiger partial charge in [-0.25, -0.2) is 14.8 Å². The highest BCUT2D eigenvalue weighted by atomic mass is 16.4. The van der Waals surface area contributed by atoms with E-state index in [2.05, 4.69) is 20.6 Å². The lowest BCUT2D eigenvalue weighted by atomic mass is 10.0. The van der Waals surface area contributed by atoms with Crippen LogP contribution in [0.25, 0.3) is 0 Å². The van der Waals surface area contributed by atoms with Crippen LogP contribution >= 0.6 is 0 Å². The Kier molecular flexibility index (Phi) is 4.59. The zero-order valence-electron chi connectivity index (χ0n) is 10.3. The van der Waals surface area contributed by atoms with E-state index in [4.69, 9.17) is 5.11 Å². The summed E-state index contributed by atoms with van der Waals surface area (Å²) in [6.45, 7) is 3.55. The molecular weight excluding hydrogens is 236 g/mol. The first kappa shape index (κ1) is 13.9. The molecule has 0 radical (unpaired) electrons. The van der Waals surface area contributed by atoms with Crippen molar-refractivity contribution in [3.8, 4) is 0 Å². The first-order valence-electron chi connectivity index (χ1n) is 5.42. The molecule has 0 spiro atoms. The second kappa shape index (κ2) is 5.95. The fraction of sp³-hybridized carbons (Fsp3) is 0.455. The van der Waals surface area contributed by atoms with Gasteiger partial charge in [-0.1, -0.05) is 0 Å². The van der Waals surface area contributed by atoms with Crippen LogP contribution in [-0.2, 0) is 11.3 Å². The van der Waals surface area contributed by atoms with Gasteiger partial charge in [0.25, 0.3) is 0 Å². The topological polar surface area (TPSA) is 104 Å². The fourth-order valence-electron chi connectivity index (χ4n) is 1.37. The number of rotatable bonds is 5. The van der Waals surface area contributed by atoms with Crippen LogP contribution < -0.4 is 10.6 Å². The number of hydrogen-bond acceptors (Lipinski definition) is 4. The number of nitrogens with zero attached hydrogens (tertiary/aromatic N) is 2. The lowest BCUT2D eigenvalue weighted by Crippen LogP contribution is -2.49. The molecule has 0 unspecified atom stereocenters. The number of carboxylic acids is 1. The van der Waals surface area contributed by atoms with Gasteiger partial charge in [-0.3, -0.25) is 4.79 Å². The van der Waals surface area contributed by atoms with E-state index >= 15 is 0 Å². The highest BCUT2D eigenvalue weighted by Crippen LogP contribution is 2.07. The zero-order chi connectivity index (χ0) is 13.6. The van der Waals surface area contributed by atoms with Gasteiger partial charge >= 0.3 is 12.0 Å². The van der Waals surface area contributed by atoms with E-state index in [0.29, 0.717) is 5.69 Å². The van der Waals surface area contributed by atoms with Crippen LogP contribution in [0.1, 0.15) is 26.0 Å². The van der Waals surface area contributed by atoms with Crippen molar-refractivity contribution in [2.75, 3.05) is 0 Å². The number of carbonyl (C=O) groups excluding carboxylic acids is 1. The lowest BCUT2D eigenvalue weighted by molar-refractivity contribution is -0.138. The molecule has 3 N–H and O–H groups in total. The smallest absolute Gasteiger partial charge is 0.315 e. The number of urea groups is 1. The highest BCUT2D eigenvalue weighted by Gasteiger charge is 2.23. The van der Waals surface area contributed by atoms with Crippen molar-refractivity contribution < 1.29 is 14.7 Å². The second-order valence-corrected chi connectivity index (χ2v) is 4.46. The molecule has 0 aromatic carbocycles. The first-order valence-corrected chi connectivity index (χ1v) is 5.42. The number of carbonyl (C=O) groups is 2. The molecule has 0 atom stereocenters. The number of amides is 2. The fourth-order valence-corrected chi connectivity index (χ4v) is 1.37. The predicted molar refractivity (Wildman–Crippen MR) is 63.7 cm³/mol. The summed E-state index contributed by atoms with van der Waals surface area (Å²) in [6, 6.07) is 1.25. The van der Waals surface area contributed by atoms with Crippen LogP contribution in [0.3, 0.4) is 0 Å². The minimum atomic E-state index is -0.962. The monoisotopic (exact) mass is 252 g/mol. The van der Waals surface area contributed by atoms with Gasteiger partial charge in [0, 0.05) is 11.7 Å². The Morgan fingerprint density at radius 3 is 2.72 bits per heavy atom. The van der Waals surface area contributed by atoms with Crippen LogP contribution in [0.5, 0.6) is 0 Å². The van der Waals surface area contributed by atoms with Gasteiger partial charge in [-0.15, -0.1) is 0 Å². The Morgan fingerprint density at radius 2 is 2.17 bits per heavy atom. The van der Waals surface area contributed by atoms with Gasteiger partial charge in [-0.2, -0.15) is 0 Å². The van der Waals surface area contributed by atoms with Crippen molar-refractivity contribution in [3.05, 3.63) is 24.3 Å². The van der Waals surface area contributed by atoms with Crippen molar-refractivity contribution in [2.45, 2.75) is 32.4 Å². The molecule has 0 aliphatic carbocycles. The molecule has 0 aliphatic heterocycles. The molecule has 18 heavy (non-hydrogen) atoms. The van der Waals surface area contributed by atoms with Gasteiger partial charge in [-0.05, 0) is 19.9 Å². The third-order valence-electron chi connectivity index (χ3n) is 2.12. The van der Waals surface area contributed by atoms with Crippen LogP contribution in [0.4, 0.5) is 4.79 Å². The zero-order valence-corrected chi connectivity index (χ0v) is 10.3. The lowest BCUT2D eigenvalue weighted by Gasteiger charge is -2.24. The maximum atomic E-state index is 11.6. The Balaban J connectivity index is 2.40. The Hall–Kier alpha value is -2.18. The van der Waals surface area contributed by atoms with E-state index in [0.717, 1.165) is 0 Å². The van der Waals surface area contributed by atoms with Crippen molar-refractivity contribution in [2.24, 2.45) is 0 Å². The minimum Gasteiger partial charge on any atom is -0.481 e. The van der Waals surface area contributed by atoms with E-state index < -0.39 is 17.5 Å². The Morgan fingerprint density at radius 1 is 1.44 bits per heavy atom. The average molecular weight is 252 g/mol. The van der Waals surface area contributed by atoms with E-state index in [1.807, 2.05) is 0 Å². The largest absolute Gasteiger partial charge is 0.481 e. The van der Waals surface area contributed by atoms with Gasteiger partial charge in [0.05, 0.1) is 18.7 Å². The Labute approximate surface area is 105 Å². The second-order valence-electron chi connectivity index (χ2n) is 4.46. The molecule has 7 heteroatoms. The summed E-state index contributed by atoms with van der Waals surface area (Å²) in [5.41, 5.74) is -0.127. The number of carboxylic acid groups (broad SMARTS) is 1. The van der Waals surface area contributed by atoms with E-state index in [1.54, 1.807) is 26.1 Å². The predicted octanol–water partition coefficient (Wildman–Crippen LogP) is 0.529. The molecule has 0 fully saturated rings. The standard InChI is InChI=1S/C11H16N4O3/c1-11(2,5-9(16)17)15-10(18)13-6-8-3-4-12-7-14-8/h3-4,7H,5-6H2,1-2H3,(H,16,17)(H2,13,15,18). The van der Waals surface area contributed by atoms with Crippen LogP contribution in [0.15, 0.2) is 18.6 Å². The molecule has 0 bridgehead atoms. The molecule has 7 nitrogen and oxygen atoms in total.